The Labute approximate surface area is 135 Å². The summed E-state index contributed by atoms with van der Waals surface area (Å²) in [4.78, 5) is 0.366. The standard InChI is InChI=1S/C15H23BrN2O2S/c1-4-10(2)18-21(19,20)15-8-12(7-14(16)11(15)3)9-17-13-5-6-13/h7-8,10,13,17-18H,4-6,9H2,1-3H3. The summed E-state index contributed by atoms with van der Waals surface area (Å²) >= 11 is 3.48. The van der Waals surface area contributed by atoms with Crippen molar-refractivity contribution in [2.24, 2.45) is 0 Å². The van der Waals surface area contributed by atoms with Gasteiger partial charge in [0.25, 0.3) is 0 Å². The first kappa shape index (κ1) is 16.9. The maximum atomic E-state index is 12.5. The molecule has 1 aromatic carbocycles. The Kier molecular flexibility index (Phi) is 5.46. The van der Waals surface area contributed by atoms with Crippen molar-refractivity contribution in [3.63, 3.8) is 0 Å². The van der Waals surface area contributed by atoms with Gasteiger partial charge in [-0.1, -0.05) is 22.9 Å². The van der Waals surface area contributed by atoms with E-state index in [1.807, 2.05) is 26.8 Å². The molecule has 0 aromatic heterocycles. The molecule has 1 fully saturated rings. The summed E-state index contributed by atoms with van der Waals surface area (Å²) in [5.74, 6) is 0. The third-order valence-corrected chi connectivity index (χ3v) is 6.33. The van der Waals surface area contributed by atoms with Gasteiger partial charge in [-0.25, -0.2) is 13.1 Å². The van der Waals surface area contributed by atoms with Crippen molar-refractivity contribution in [3.8, 4) is 0 Å². The Morgan fingerprint density at radius 1 is 1.38 bits per heavy atom. The lowest BCUT2D eigenvalue weighted by molar-refractivity contribution is 0.555. The van der Waals surface area contributed by atoms with E-state index in [9.17, 15) is 8.42 Å². The highest BCUT2D eigenvalue weighted by Crippen LogP contribution is 2.27. The van der Waals surface area contributed by atoms with Gasteiger partial charge in [0, 0.05) is 23.1 Å². The zero-order valence-electron chi connectivity index (χ0n) is 12.7. The van der Waals surface area contributed by atoms with Gasteiger partial charge in [-0.3, -0.25) is 0 Å². The van der Waals surface area contributed by atoms with Gasteiger partial charge in [-0.05, 0) is 56.4 Å². The van der Waals surface area contributed by atoms with Crippen molar-refractivity contribution in [1.82, 2.24) is 10.0 Å². The van der Waals surface area contributed by atoms with Gasteiger partial charge in [0.1, 0.15) is 0 Å². The van der Waals surface area contributed by atoms with E-state index in [4.69, 9.17) is 0 Å². The van der Waals surface area contributed by atoms with Gasteiger partial charge >= 0.3 is 0 Å². The number of nitrogens with one attached hydrogen (secondary N) is 2. The van der Waals surface area contributed by atoms with Crippen LogP contribution in [0, 0.1) is 6.92 Å². The molecule has 1 aliphatic carbocycles. The predicted molar refractivity (Wildman–Crippen MR) is 88.8 cm³/mol. The van der Waals surface area contributed by atoms with Crippen LogP contribution in [0.3, 0.4) is 0 Å². The van der Waals surface area contributed by atoms with Gasteiger partial charge < -0.3 is 5.32 Å². The van der Waals surface area contributed by atoms with Crippen molar-refractivity contribution in [1.29, 1.82) is 0 Å². The van der Waals surface area contributed by atoms with E-state index in [0.717, 1.165) is 22.0 Å². The van der Waals surface area contributed by atoms with E-state index in [1.165, 1.54) is 12.8 Å². The van der Waals surface area contributed by atoms with Crippen LogP contribution < -0.4 is 10.0 Å². The van der Waals surface area contributed by atoms with Gasteiger partial charge in [0.2, 0.25) is 10.0 Å². The van der Waals surface area contributed by atoms with Crippen LogP contribution in [0.15, 0.2) is 21.5 Å². The summed E-state index contributed by atoms with van der Waals surface area (Å²) in [5.41, 5.74) is 1.74. The Bertz CT molecular complexity index is 612. The molecule has 1 saturated carbocycles. The quantitative estimate of drug-likeness (QED) is 0.770. The molecule has 2 N–H and O–H groups in total. The van der Waals surface area contributed by atoms with Crippen molar-refractivity contribution in [3.05, 3.63) is 27.7 Å². The number of hydrogen-bond donors (Lipinski definition) is 2. The van der Waals surface area contributed by atoms with E-state index >= 15 is 0 Å². The lowest BCUT2D eigenvalue weighted by Gasteiger charge is -2.16. The third-order valence-electron chi connectivity index (χ3n) is 3.79. The Morgan fingerprint density at radius 3 is 2.62 bits per heavy atom. The van der Waals surface area contributed by atoms with Crippen LogP contribution in [-0.4, -0.2) is 20.5 Å². The monoisotopic (exact) mass is 374 g/mol. The van der Waals surface area contributed by atoms with E-state index in [-0.39, 0.29) is 6.04 Å². The van der Waals surface area contributed by atoms with Crippen LogP contribution >= 0.6 is 15.9 Å². The van der Waals surface area contributed by atoms with E-state index in [2.05, 4.69) is 26.0 Å². The molecule has 21 heavy (non-hydrogen) atoms. The molecule has 4 nitrogen and oxygen atoms in total. The highest BCUT2D eigenvalue weighted by molar-refractivity contribution is 9.10. The highest BCUT2D eigenvalue weighted by Gasteiger charge is 2.23. The summed E-state index contributed by atoms with van der Waals surface area (Å²) in [5, 5.41) is 3.41. The maximum Gasteiger partial charge on any atom is 0.241 e. The van der Waals surface area contributed by atoms with E-state index < -0.39 is 10.0 Å². The fraction of sp³-hybridized carbons (Fsp3) is 0.600. The number of benzene rings is 1. The Balaban J connectivity index is 2.27. The molecule has 1 atom stereocenters. The minimum atomic E-state index is -3.48. The largest absolute Gasteiger partial charge is 0.310 e. The molecule has 6 heteroatoms. The molecule has 0 bridgehead atoms. The summed E-state index contributed by atoms with van der Waals surface area (Å²) < 4.78 is 28.6. The average molecular weight is 375 g/mol. The second-order valence-electron chi connectivity index (χ2n) is 5.79. The number of hydrogen-bond acceptors (Lipinski definition) is 3. The van der Waals surface area contributed by atoms with Gasteiger partial charge in [0.05, 0.1) is 4.90 Å². The summed E-state index contributed by atoms with van der Waals surface area (Å²) in [6.45, 7) is 6.37. The summed E-state index contributed by atoms with van der Waals surface area (Å²) in [6, 6.07) is 4.30. The number of halogens is 1. The van der Waals surface area contributed by atoms with Crippen LogP contribution in [0.25, 0.3) is 0 Å². The fourth-order valence-electron chi connectivity index (χ4n) is 2.05. The van der Waals surface area contributed by atoms with Crippen molar-refractivity contribution in [2.75, 3.05) is 0 Å². The molecule has 0 spiro atoms. The lowest BCUT2D eigenvalue weighted by atomic mass is 10.1. The first-order valence-corrected chi connectivity index (χ1v) is 9.66. The Hall–Kier alpha value is -0.430. The van der Waals surface area contributed by atoms with E-state index in [0.29, 0.717) is 17.5 Å². The molecule has 2 rings (SSSR count). The third kappa shape index (κ3) is 4.52. The van der Waals surface area contributed by atoms with Crippen LogP contribution in [0.2, 0.25) is 0 Å². The van der Waals surface area contributed by atoms with Crippen molar-refractivity contribution in [2.45, 2.75) is 63.6 Å². The smallest absolute Gasteiger partial charge is 0.241 e. The first-order valence-electron chi connectivity index (χ1n) is 7.38. The minimum absolute atomic E-state index is 0.0681. The van der Waals surface area contributed by atoms with Gasteiger partial charge in [0.15, 0.2) is 0 Å². The molecular formula is C15H23BrN2O2S. The van der Waals surface area contributed by atoms with Gasteiger partial charge in [-0.15, -0.1) is 0 Å². The summed E-state index contributed by atoms with van der Waals surface area (Å²) in [6.07, 6.45) is 3.20. The summed E-state index contributed by atoms with van der Waals surface area (Å²) in [7, 11) is -3.48. The van der Waals surface area contributed by atoms with Crippen LogP contribution in [0.4, 0.5) is 0 Å². The minimum Gasteiger partial charge on any atom is -0.310 e. The van der Waals surface area contributed by atoms with Crippen LogP contribution in [-0.2, 0) is 16.6 Å². The van der Waals surface area contributed by atoms with Gasteiger partial charge in [-0.2, -0.15) is 0 Å². The molecule has 1 aromatic rings. The zero-order valence-corrected chi connectivity index (χ0v) is 15.1. The molecule has 0 heterocycles. The second kappa shape index (κ2) is 6.77. The number of sulfonamides is 1. The molecule has 0 amide bonds. The van der Waals surface area contributed by atoms with E-state index in [1.54, 1.807) is 6.07 Å². The SMILES string of the molecule is CCC(C)NS(=O)(=O)c1cc(CNC2CC2)cc(Br)c1C. The maximum absolute atomic E-state index is 12.5. The predicted octanol–water partition coefficient (Wildman–Crippen LogP) is 3.09. The molecule has 118 valence electrons. The molecule has 0 radical (unpaired) electrons. The molecular weight excluding hydrogens is 352 g/mol. The molecule has 1 aliphatic rings. The second-order valence-corrected chi connectivity index (χ2v) is 8.32. The van der Waals surface area contributed by atoms with Crippen LogP contribution in [0.5, 0.6) is 0 Å². The molecule has 0 saturated heterocycles. The van der Waals surface area contributed by atoms with Crippen LogP contribution in [0.1, 0.15) is 44.2 Å². The zero-order chi connectivity index (χ0) is 15.6. The number of rotatable bonds is 7. The topological polar surface area (TPSA) is 58.2 Å². The average Bonchev–Trinajstić information content (AvgIpc) is 3.23. The normalized spacial score (nSPS) is 17.0. The Morgan fingerprint density at radius 2 is 2.05 bits per heavy atom. The van der Waals surface area contributed by atoms with Crippen molar-refractivity contribution < 1.29 is 8.42 Å². The van der Waals surface area contributed by atoms with Crippen molar-refractivity contribution >= 4 is 26.0 Å². The first-order chi connectivity index (χ1) is 9.83. The highest BCUT2D eigenvalue weighted by atomic mass is 79.9. The fourth-order valence-corrected chi connectivity index (χ4v) is 4.33. The molecule has 1 unspecified atom stereocenters. The molecule has 0 aliphatic heterocycles. The lowest BCUT2D eigenvalue weighted by Crippen LogP contribution is -2.32.